The van der Waals surface area contributed by atoms with Gasteiger partial charge in [0.05, 0.1) is 10.7 Å². The van der Waals surface area contributed by atoms with E-state index in [0.717, 1.165) is 11.3 Å². The quantitative estimate of drug-likeness (QED) is 0.908. The predicted molar refractivity (Wildman–Crippen MR) is 64.2 cm³/mol. The molecule has 0 atom stereocenters. The second kappa shape index (κ2) is 4.43. The van der Waals surface area contributed by atoms with Gasteiger partial charge in [0.1, 0.15) is 15.7 Å². The van der Waals surface area contributed by atoms with Gasteiger partial charge in [-0.1, -0.05) is 17.7 Å². The summed E-state index contributed by atoms with van der Waals surface area (Å²) < 4.78 is 13.3. The van der Waals surface area contributed by atoms with Gasteiger partial charge in [-0.3, -0.25) is 0 Å². The Morgan fingerprint density at radius 3 is 2.76 bits per heavy atom. The van der Waals surface area contributed by atoms with Crippen molar-refractivity contribution in [1.29, 1.82) is 0 Å². The van der Waals surface area contributed by atoms with E-state index in [-0.39, 0.29) is 9.90 Å². The van der Waals surface area contributed by atoms with Gasteiger partial charge in [0.25, 0.3) is 0 Å². The molecule has 6 heteroatoms. The van der Waals surface area contributed by atoms with Crippen LogP contribution < -0.4 is 0 Å². The second-order valence-electron chi connectivity index (χ2n) is 3.37. The summed E-state index contributed by atoms with van der Waals surface area (Å²) in [6, 6.07) is 4.27. The largest absolute Gasteiger partial charge is 0.477 e. The fraction of sp³-hybridized carbons (Fsp3) is 0.0909. The lowest BCUT2D eigenvalue weighted by Crippen LogP contribution is -1.94. The van der Waals surface area contributed by atoms with E-state index in [4.69, 9.17) is 16.7 Å². The van der Waals surface area contributed by atoms with Gasteiger partial charge in [-0.2, -0.15) is 0 Å². The summed E-state index contributed by atoms with van der Waals surface area (Å²) >= 11 is 6.58. The van der Waals surface area contributed by atoms with E-state index in [9.17, 15) is 9.18 Å². The number of carboxylic acid groups (broad SMARTS) is 1. The SMILES string of the molecule is Cc1nc(-c2ccc(Cl)c(F)c2)sc1C(=O)O. The molecule has 0 radical (unpaired) electrons. The number of aryl methyl sites for hydroxylation is 1. The standard InChI is InChI=1S/C11H7ClFNO2S/c1-5-9(11(15)16)17-10(14-5)6-2-3-7(12)8(13)4-6/h2-4H,1H3,(H,15,16). The minimum atomic E-state index is -1.03. The molecule has 0 spiro atoms. The van der Waals surface area contributed by atoms with Gasteiger partial charge in [0, 0.05) is 5.56 Å². The molecule has 0 saturated carbocycles. The summed E-state index contributed by atoms with van der Waals surface area (Å²) in [6.07, 6.45) is 0. The molecule has 0 unspecified atom stereocenters. The lowest BCUT2D eigenvalue weighted by atomic mass is 10.2. The van der Waals surface area contributed by atoms with Crippen molar-refractivity contribution in [3.63, 3.8) is 0 Å². The van der Waals surface area contributed by atoms with Crippen LogP contribution in [0, 0.1) is 12.7 Å². The summed E-state index contributed by atoms with van der Waals surface area (Å²) in [7, 11) is 0. The van der Waals surface area contributed by atoms with Crippen LogP contribution in [-0.2, 0) is 0 Å². The van der Waals surface area contributed by atoms with Crippen molar-refractivity contribution in [2.45, 2.75) is 6.92 Å². The highest BCUT2D eigenvalue weighted by Gasteiger charge is 2.15. The molecular formula is C11H7ClFNO2S. The van der Waals surface area contributed by atoms with Crippen molar-refractivity contribution >= 4 is 28.9 Å². The molecule has 2 aromatic rings. The number of halogens is 2. The number of hydrogen-bond donors (Lipinski definition) is 1. The molecule has 0 bridgehead atoms. The zero-order valence-corrected chi connectivity index (χ0v) is 10.3. The summed E-state index contributed by atoms with van der Waals surface area (Å²) in [5.74, 6) is -1.57. The third-order valence-electron chi connectivity index (χ3n) is 2.16. The smallest absolute Gasteiger partial charge is 0.347 e. The number of thiazole rings is 1. The molecule has 88 valence electrons. The Morgan fingerprint density at radius 1 is 1.53 bits per heavy atom. The predicted octanol–water partition coefficient (Wildman–Crippen LogP) is 3.61. The topological polar surface area (TPSA) is 50.2 Å². The van der Waals surface area contributed by atoms with E-state index in [1.54, 1.807) is 13.0 Å². The summed E-state index contributed by atoms with van der Waals surface area (Å²) in [5.41, 5.74) is 0.945. The summed E-state index contributed by atoms with van der Waals surface area (Å²) in [6.45, 7) is 1.61. The van der Waals surface area contributed by atoms with Crippen LogP contribution in [0.3, 0.4) is 0 Å². The molecule has 1 heterocycles. The molecule has 1 N–H and O–H groups in total. The van der Waals surface area contributed by atoms with E-state index in [0.29, 0.717) is 16.3 Å². The van der Waals surface area contributed by atoms with Crippen LogP contribution in [0.4, 0.5) is 4.39 Å². The highest BCUT2D eigenvalue weighted by atomic mass is 35.5. The van der Waals surface area contributed by atoms with E-state index in [1.807, 2.05) is 0 Å². The third-order valence-corrected chi connectivity index (χ3v) is 3.66. The van der Waals surface area contributed by atoms with Crippen molar-refractivity contribution < 1.29 is 14.3 Å². The highest BCUT2D eigenvalue weighted by Crippen LogP contribution is 2.29. The number of aromatic carboxylic acids is 1. The maximum atomic E-state index is 13.3. The fourth-order valence-electron chi connectivity index (χ4n) is 1.35. The Labute approximate surface area is 106 Å². The van der Waals surface area contributed by atoms with Crippen LogP contribution in [0.25, 0.3) is 10.6 Å². The van der Waals surface area contributed by atoms with Gasteiger partial charge < -0.3 is 5.11 Å². The Kier molecular flexibility index (Phi) is 3.13. The fourth-order valence-corrected chi connectivity index (χ4v) is 2.37. The monoisotopic (exact) mass is 271 g/mol. The number of rotatable bonds is 2. The zero-order chi connectivity index (χ0) is 12.6. The van der Waals surface area contributed by atoms with Gasteiger partial charge in [0.2, 0.25) is 0 Å². The molecule has 1 aromatic carbocycles. The average Bonchev–Trinajstić information content (AvgIpc) is 2.64. The van der Waals surface area contributed by atoms with Crippen LogP contribution in [0.5, 0.6) is 0 Å². The van der Waals surface area contributed by atoms with Crippen LogP contribution >= 0.6 is 22.9 Å². The number of benzene rings is 1. The van der Waals surface area contributed by atoms with E-state index in [1.165, 1.54) is 12.1 Å². The molecule has 0 fully saturated rings. The molecule has 2 rings (SSSR count). The van der Waals surface area contributed by atoms with Crippen molar-refractivity contribution in [2.24, 2.45) is 0 Å². The van der Waals surface area contributed by atoms with Gasteiger partial charge in [-0.05, 0) is 19.1 Å². The molecule has 1 aromatic heterocycles. The lowest BCUT2D eigenvalue weighted by Gasteiger charge is -1.97. The van der Waals surface area contributed by atoms with Gasteiger partial charge in [-0.15, -0.1) is 11.3 Å². The Hall–Kier alpha value is -1.46. The first-order valence-corrected chi connectivity index (χ1v) is 5.84. The average molecular weight is 272 g/mol. The maximum Gasteiger partial charge on any atom is 0.347 e. The minimum Gasteiger partial charge on any atom is -0.477 e. The van der Waals surface area contributed by atoms with Crippen LogP contribution in [-0.4, -0.2) is 16.1 Å². The molecule has 0 aliphatic rings. The minimum absolute atomic E-state index is 0.0282. The molecule has 0 aliphatic carbocycles. The zero-order valence-electron chi connectivity index (χ0n) is 8.70. The van der Waals surface area contributed by atoms with E-state index in [2.05, 4.69) is 4.98 Å². The molecule has 3 nitrogen and oxygen atoms in total. The van der Waals surface area contributed by atoms with Crippen LogP contribution in [0.15, 0.2) is 18.2 Å². The van der Waals surface area contributed by atoms with Gasteiger partial charge >= 0.3 is 5.97 Å². The molecule has 0 aliphatic heterocycles. The third kappa shape index (κ3) is 2.30. The normalized spacial score (nSPS) is 10.5. The molecule has 0 amide bonds. The Balaban J connectivity index is 2.50. The lowest BCUT2D eigenvalue weighted by molar-refractivity contribution is 0.0701. The van der Waals surface area contributed by atoms with Crippen molar-refractivity contribution in [2.75, 3.05) is 0 Å². The first-order valence-electron chi connectivity index (χ1n) is 4.65. The highest BCUT2D eigenvalue weighted by molar-refractivity contribution is 7.17. The van der Waals surface area contributed by atoms with Crippen molar-refractivity contribution in [3.05, 3.63) is 39.6 Å². The van der Waals surface area contributed by atoms with E-state index >= 15 is 0 Å². The first-order chi connectivity index (χ1) is 7.99. The van der Waals surface area contributed by atoms with Gasteiger partial charge in [-0.25, -0.2) is 14.2 Å². The summed E-state index contributed by atoms with van der Waals surface area (Å²) in [5, 5.41) is 9.40. The Morgan fingerprint density at radius 2 is 2.24 bits per heavy atom. The van der Waals surface area contributed by atoms with Crippen molar-refractivity contribution in [1.82, 2.24) is 4.98 Å². The van der Waals surface area contributed by atoms with Crippen molar-refractivity contribution in [3.8, 4) is 10.6 Å². The number of nitrogens with zero attached hydrogens (tertiary/aromatic N) is 1. The molecule has 0 saturated heterocycles. The molecular weight excluding hydrogens is 265 g/mol. The molecule has 17 heavy (non-hydrogen) atoms. The summed E-state index contributed by atoms with van der Waals surface area (Å²) in [4.78, 5) is 15.1. The number of carboxylic acids is 1. The number of aromatic nitrogens is 1. The van der Waals surface area contributed by atoms with Gasteiger partial charge in [0.15, 0.2) is 0 Å². The van der Waals surface area contributed by atoms with Crippen LogP contribution in [0.1, 0.15) is 15.4 Å². The number of carbonyl (C=O) groups is 1. The second-order valence-corrected chi connectivity index (χ2v) is 4.77. The maximum absolute atomic E-state index is 13.3. The van der Waals surface area contributed by atoms with Crippen LogP contribution in [0.2, 0.25) is 5.02 Å². The number of hydrogen-bond acceptors (Lipinski definition) is 3. The van der Waals surface area contributed by atoms with E-state index < -0.39 is 11.8 Å². The Bertz CT molecular complexity index is 597. The first kappa shape index (κ1) is 12.0.